The average Bonchev–Trinajstić information content (AvgIpc) is 2.29. The summed E-state index contributed by atoms with van der Waals surface area (Å²) >= 11 is 0. The van der Waals surface area contributed by atoms with E-state index in [9.17, 15) is 13.2 Å². The zero-order valence-corrected chi connectivity index (χ0v) is 10.8. The second-order valence-electron chi connectivity index (χ2n) is 3.70. The number of aliphatic carboxylic acids is 1. The summed E-state index contributed by atoms with van der Waals surface area (Å²) in [6, 6.07) is 7.66. The van der Waals surface area contributed by atoms with E-state index in [0.29, 0.717) is 0 Å². The third-order valence-electron chi connectivity index (χ3n) is 2.21. The Morgan fingerprint density at radius 2 is 1.94 bits per heavy atom. The Morgan fingerprint density at radius 3 is 2.44 bits per heavy atom. The minimum atomic E-state index is -3.78. The molecule has 0 aliphatic carbocycles. The van der Waals surface area contributed by atoms with Crippen molar-refractivity contribution in [2.45, 2.75) is 19.4 Å². The monoisotopic (exact) mass is 272 g/mol. The van der Waals surface area contributed by atoms with Crippen molar-refractivity contribution in [3.63, 3.8) is 0 Å². The molecule has 0 bridgehead atoms. The van der Waals surface area contributed by atoms with E-state index >= 15 is 0 Å². The van der Waals surface area contributed by atoms with Crippen molar-refractivity contribution in [2.75, 3.05) is 6.54 Å². The van der Waals surface area contributed by atoms with Crippen LogP contribution in [-0.2, 0) is 21.4 Å². The molecule has 0 aliphatic rings. The zero-order chi connectivity index (χ0) is 13.6. The van der Waals surface area contributed by atoms with Gasteiger partial charge in [0, 0.05) is 6.54 Å². The predicted octanol–water partition coefficient (Wildman–Crippen LogP) is 0.126. The van der Waals surface area contributed by atoms with Gasteiger partial charge in [-0.25, -0.2) is 4.72 Å². The standard InChI is InChI=1S/C11H16N2O4S/c1-2-12-18(16,17)13-10(11(14)15)8-9-6-4-3-5-7-9/h3-7,10,12-13H,2,8H2,1H3,(H,14,15)/t10-/m1/s1. The van der Waals surface area contributed by atoms with Crippen LogP contribution in [0.3, 0.4) is 0 Å². The highest BCUT2D eigenvalue weighted by molar-refractivity contribution is 7.87. The van der Waals surface area contributed by atoms with Gasteiger partial charge in [0.2, 0.25) is 0 Å². The van der Waals surface area contributed by atoms with Gasteiger partial charge in [0.15, 0.2) is 0 Å². The Balaban J connectivity index is 2.76. The quantitative estimate of drug-likeness (QED) is 0.657. The first-order valence-electron chi connectivity index (χ1n) is 5.48. The molecule has 0 aromatic heterocycles. The summed E-state index contributed by atoms with van der Waals surface area (Å²) in [7, 11) is -3.78. The fraction of sp³-hybridized carbons (Fsp3) is 0.364. The molecule has 0 radical (unpaired) electrons. The lowest BCUT2D eigenvalue weighted by atomic mass is 10.1. The van der Waals surface area contributed by atoms with Gasteiger partial charge >= 0.3 is 5.97 Å². The van der Waals surface area contributed by atoms with Crippen LogP contribution in [0.2, 0.25) is 0 Å². The van der Waals surface area contributed by atoms with E-state index in [0.717, 1.165) is 5.56 Å². The van der Waals surface area contributed by atoms with Gasteiger partial charge in [-0.1, -0.05) is 37.3 Å². The van der Waals surface area contributed by atoms with Gasteiger partial charge in [-0.05, 0) is 12.0 Å². The molecule has 0 amide bonds. The Morgan fingerprint density at radius 1 is 1.33 bits per heavy atom. The molecule has 0 heterocycles. The van der Waals surface area contributed by atoms with Crippen LogP contribution in [-0.4, -0.2) is 32.1 Å². The first-order valence-corrected chi connectivity index (χ1v) is 6.96. The normalized spacial score (nSPS) is 13.2. The summed E-state index contributed by atoms with van der Waals surface area (Å²) in [6.07, 6.45) is 0.0980. The largest absolute Gasteiger partial charge is 0.480 e. The zero-order valence-electron chi connectivity index (χ0n) is 9.96. The van der Waals surface area contributed by atoms with Crippen molar-refractivity contribution in [3.8, 4) is 0 Å². The number of rotatable bonds is 7. The van der Waals surface area contributed by atoms with Gasteiger partial charge in [-0.15, -0.1) is 0 Å². The molecule has 0 spiro atoms. The molecule has 0 unspecified atom stereocenters. The van der Waals surface area contributed by atoms with Gasteiger partial charge in [0.1, 0.15) is 6.04 Å². The fourth-order valence-corrected chi connectivity index (χ4v) is 2.47. The number of hydrogen-bond donors (Lipinski definition) is 3. The summed E-state index contributed by atoms with van der Waals surface area (Å²) in [5.74, 6) is -1.21. The summed E-state index contributed by atoms with van der Waals surface area (Å²) in [5.41, 5.74) is 0.754. The van der Waals surface area contributed by atoms with Crippen molar-refractivity contribution in [1.82, 2.24) is 9.44 Å². The number of hydrogen-bond acceptors (Lipinski definition) is 3. The molecule has 0 saturated heterocycles. The maximum absolute atomic E-state index is 11.5. The minimum Gasteiger partial charge on any atom is -0.480 e. The van der Waals surface area contributed by atoms with E-state index in [-0.39, 0.29) is 13.0 Å². The van der Waals surface area contributed by atoms with Gasteiger partial charge in [-0.3, -0.25) is 4.79 Å². The van der Waals surface area contributed by atoms with Gasteiger partial charge in [-0.2, -0.15) is 13.1 Å². The van der Waals surface area contributed by atoms with Crippen LogP contribution in [0.25, 0.3) is 0 Å². The summed E-state index contributed by atoms with van der Waals surface area (Å²) in [6.45, 7) is 1.82. The van der Waals surface area contributed by atoms with E-state index in [2.05, 4.69) is 9.44 Å². The first-order chi connectivity index (χ1) is 8.44. The number of carboxylic acid groups (broad SMARTS) is 1. The Labute approximate surface area is 106 Å². The van der Waals surface area contributed by atoms with Crippen molar-refractivity contribution in [2.24, 2.45) is 0 Å². The molecule has 1 rings (SSSR count). The molecule has 0 saturated carbocycles. The van der Waals surface area contributed by atoms with E-state index in [1.165, 1.54) is 0 Å². The number of carbonyl (C=O) groups is 1. The van der Waals surface area contributed by atoms with Crippen LogP contribution in [0.4, 0.5) is 0 Å². The van der Waals surface area contributed by atoms with Crippen molar-refractivity contribution < 1.29 is 18.3 Å². The van der Waals surface area contributed by atoms with Crippen LogP contribution >= 0.6 is 0 Å². The lowest BCUT2D eigenvalue weighted by Gasteiger charge is -2.14. The molecule has 18 heavy (non-hydrogen) atoms. The molecule has 7 heteroatoms. The Kier molecular flexibility index (Phi) is 5.26. The van der Waals surface area contributed by atoms with Crippen molar-refractivity contribution >= 4 is 16.2 Å². The first kappa shape index (κ1) is 14.6. The van der Waals surface area contributed by atoms with E-state index in [4.69, 9.17) is 5.11 Å². The van der Waals surface area contributed by atoms with Crippen LogP contribution in [0, 0.1) is 0 Å². The van der Waals surface area contributed by atoms with Crippen LogP contribution in [0.1, 0.15) is 12.5 Å². The minimum absolute atomic E-state index is 0.0980. The maximum atomic E-state index is 11.5. The highest BCUT2D eigenvalue weighted by Crippen LogP contribution is 2.04. The molecule has 3 N–H and O–H groups in total. The molecule has 100 valence electrons. The highest BCUT2D eigenvalue weighted by atomic mass is 32.2. The van der Waals surface area contributed by atoms with Crippen LogP contribution in [0.15, 0.2) is 30.3 Å². The smallest absolute Gasteiger partial charge is 0.322 e. The topological polar surface area (TPSA) is 95.5 Å². The average molecular weight is 272 g/mol. The van der Waals surface area contributed by atoms with Gasteiger partial charge in [0.25, 0.3) is 10.2 Å². The molecular weight excluding hydrogens is 256 g/mol. The molecule has 1 aromatic carbocycles. The highest BCUT2D eigenvalue weighted by Gasteiger charge is 2.23. The van der Waals surface area contributed by atoms with Crippen LogP contribution in [0.5, 0.6) is 0 Å². The summed E-state index contributed by atoms with van der Waals surface area (Å²) in [5, 5.41) is 9.01. The van der Waals surface area contributed by atoms with Gasteiger partial charge in [0.05, 0.1) is 0 Å². The maximum Gasteiger partial charge on any atom is 0.322 e. The van der Waals surface area contributed by atoms with Crippen molar-refractivity contribution in [3.05, 3.63) is 35.9 Å². The Hall–Kier alpha value is -1.44. The Bertz CT molecular complexity index is 487. The third kappa shape index (κ3) is 4.82. The molecular formula is C11H16N2O4S. The summed E-state index contributed by atoms with van der Waals surface area (Å²) in [4.78, 5) is 11.0. The molecule has 0 aliphatic heterocycles. The molecule has 0 fully saturated rings. The third-order valence-corrected chi connectivity index (χ3v) is 3.48. The molecule has 1 aromatic rings. The second-order valence-corrected chi connectivity index (χ2v) is 5.23. The second kappa shape index (κ2) is 6.48. The lowest BCUT2D eigenvalue weighted by molar-refractivity contribution is -0.138. The predicted molar refractivity (Wildman–Crippen MR) is 67.3 cm³/mol. The van der Waals surface area contributed by atoms with E-state index < -0.39 is 22.2 Å². The SMILES string of the molecule is CCNS(=O)(=O)N[C@H](Cc1ccccc1)C(=O)O. The molecule has 1 atom stereocenters. The van der Waals surface area contributed by atoms with E-state index in [1.807, 2.05) is 6.07 Å². The number of nitrogens with one attached hydrogen (secondary N) is 2. The van der Waals surface area contributed by atoms with Crippen LogP contribution < -0.4 is 9.44 Å². The van der Waals surface area contributed by atoms with Gasteiger partial charge < -0.3 is 5.11 Å². The summed E-state index contributed by atoms with van der Waals surface area (Å²) < 4.78 is 27.2. The van der Waals surface area contributed by atoms with Crippen molar-refractivity contribution in [1.29, 1.82) is 0 Å². The fourth-order valence-electron chi connectivity index (χ4n) is 1.45. The molecule has 6 nitrogen and oxygen atoms in total. The number of carboxylic acids is 1. The number of benzene rings is 1. The van der Waals surface area contributed by atoms with E-state index in [1.54, 1.807) is 31.2 Å². The lowest BCUT2D eigenvalue weighted by Crippen LogP contribution is -2.47.